The van der Waals surface area contributed by atoms with Crippen LogP contribution in [0.5, 0.6) is 0 Å². The summed E-state index contributed by atoms with van der Waals surface area (Å²) < 4.78 is 0. The fourth-order valence-electron chi connectivity index (χ4n) is 3.18. The second kappa shape index (κ2) is 6.21. The summed E-state index contributed by atoms with van der Waals surface area (Å²) in [6, 6.07) is 17.4. The second-order valence-corrected chi connectivity index (χ2v) is 5.95. The lowest BCUT2D eigenvalue weighted by molar-refractivity contribution is 0.777. The number of rotatable bonds is 2. The molecule has 0 aromatic heterocycles. The van der Waals surface area contributed by atoms with Crippen molar-refractivity contribution in [2.45, 2.75) is 26.7 Å². The van der Waals surface area contributed by atoms with E-state index in [4.69, 9.17) is 0 Å². The van der Waals surface area contributed by atoms with Crippen molar-refractivity contribution < 1.29 is 0 Å². The highest BCUT2D eigenvalue weighted by Crippen LogP contribution is 2.26. The van der Waals surface area contributed by atoms with E-state index in [-0.39, 0.29) is 0 Å². The molecule has 0 atom stereocenters. The Morgan fingerprint density at radius 3 is 1.52 bits per heavy atom. The number of aryl methyl sites for hydroxylation is 2. The minimum atomic E-state index is 0.982. The van der Waals surface area contributed by atoms with E-state index in [2.05, 4.69) is 72.2 Å². The molecule has 0 amide bonds. The molecule has 2 heteroatoms. The van der Waals surface area contributed by atoms with Gasteiger partial charge in [-0.1, -0.05) is 36.4 Å². The third-order valence-electron chi connectivity index (χ3n) is 4.36. The first-order valence-corrected chi connectivity index (χ1v) is 7.87. The molecule has 2 aromatic rings. The summed E-state index contributed by atoms with van der Waals surface area (Å²) in [6.45, 7) is 7.69. The monoisotopic (exact) mass is 280 g/mol. The van der Waals surface area contributed by atoms with Crippen LogP contribution in [-0.2, 0) is 0 Å². The first kappa shape index (κ1) is 14.0. The summed E-state index contributed by atoms with van der Waals surface area (Å²) in [4.78, 5) is 5.05. The molecule has 2 nitrogen and oxygen atoms in total. The van der Waals surface area contributed by atoms with Crippen molar-refractivity contribution in [1.29, 1.82) is 0 Å². The zero-order chi connectivity index (χ0) is 14.7. The summed E-state index contributed by atoms with van der Waals surface area (Å²) in [6.07, 6.45) is 2.52. The molecule has 1 aliphatic rings. The standard InChI is InChI=1S/C19H24N2/c1-16-9-3-5-11-18(16)20-13-7-8-14-21(15-20)19-12-6-4-10-17(19)2/h3-6,9-12H,7-8,13-15H2,1-2H3. The predicted octanol–water partition coefficient (Wildman–Crippen LogP) is 4.37. The molecular formula is C19H24N2. The van der Waals surface area contributed by atoms with Crippen LogP contribution in [0, 0.1) is 13.8 Å². The smallest absolute Gasteiger partial charge is 0.0902 e. The van der Waals surface area contributed by atoms with Crippen molar-refractivity contribution >= 4 is 11.4 Å². The van der Waals surface area contributed by atoms with Gasteiger partial charge in [-0.25, -0.2) is 0 Å². The Morgan fingerprint density at radius 1 is 0.667 bits per heavy atom. The van der Waals surface area contributed by atoms with Crippen molar-refractivity contribution in [3.63, 3.8) is 0 Å². The van der Waals surface area contributed by atoms with Crippen molar-refractivity contribution in [3.05, 3.63) is 59.7 Å². The Morgan fingerprint density at radius 2 is 1.10 bits per heavy atom. The summed E-state index contributed by atoms with van der Waals surface area (Å²) in [5.74, 6) is 0. The van der Waals surface area contributed by atoms with Crippen LogP contribution >= 0.6 is 0 Å². The summed E-state index contributed by atoms with van der Waals surface area (Å²) >= 11 is 0. The largest absolute Gasteiger partial charge is 0.354 e. The minimum Gasteiger partial charge on any atom is -0.354 e. The molecule has 0 radical (unpaired) electrons. The molecule has 110 valence electrons. The van der Waals surface area contributed by atoms with Gasteiger partial charge in [-0.3, -0.25) is 0 Å². The lowest BCUT2D eigenvalue weighted by atomic mass is 10.1. The highest BCUT2D eigenvalue weighted by molar-refractivity contribution is 5.58. The Kier molecular flexibility index (Phi) is 4.14. The molecule has 1 saturated heterocycles. The first-order chi connectivity index (χ1) is 10.3. The zero-order valence-electron chi connectivity index (χ0n) is 13.0. The summed E-state index contributed by atoms with van der Waals surface area (Å²) in [5, 5.41) is 0. The van der Waals surface area contributed by atoms with Gasteiger partial charge in [-0.05, 0) is 49.9 Å². The molecule has 0 N–H and O–H groups in total. The molecular weight excluding hydrogens is 256 g/mol. The summed E-state index contributed by atoms with van der Waals surface area (Å²) in [5.41, 5.74) is 5.48. The fourth-order valence-corrected chi connectivity index (χ4v) is 3.18. The van der Waals surface area contributed by atoms with Gasteiger partial charge in [-0.15, -0.1) is 0 Å². The topological polar surface area (TPSA) is 6.48 Å². The van der Waals surface area contributed by atoms with E-state index in [0.717, 1.165) is 19.8 Å². The van der Waals surface area contributed by atoms with Gasteiger partial charge in [0.15, 0.2) is 0 Å². The number of hydrogen-bond donors (Lipinski definition) is 0. The lowest BCUT2D eigenvalue weighted by Crippen LogP contribution is -2.37. The fraction of sp³-hybridized carbons (Fsp3) is 0.368. The van der Waals surface area contributed by atoms with Crippen LogP contribution in [0.1, 0.15) is 24.0 Å². The molecule has 1 fully saturated rings. The molecule has 21 heavy (non-hydrogen) atoms. The number of nitrogens with zero attached hydrogens (tertiary/aromatic N) is 2. The van der Waals surface area contributed by atoms with Gasteiger partial charge in [0.05, 0.1) is 6.67 Å². The van der Waals surface area contributed by atoms with Crippen LogP contribution in [0.15, 0.2) is 48.5 Å². The number of hydrogen-bond acceptors (Lipinski definition) is 2. The van der Waals surface area contributed by atoms with Crippen molar-refractivity contribution in [2.24, 2.45) is 0 Å². The number of anilines is 2. The van der Waals surface area contributed by atoms with E-state index < -0.39 is 0 Å². The molecule has 0 aliphatic carbocycles. The van der Waals surface area contributed by atoms with Crippen LogP contribution in [0.4, 0.5) is 11.4 Å². The molecule has 0 unspecified atom stereocenters. The average molecular weight is 280 g/mol. The molecule has 3 rings (SSSR count). The van der Waals surface area contributed by atoms with Crippen LogP contribution in [0.25, 0.3) is 0 Å². The lowest BCUT2D eigenvalue weighted by Gasteiger charge is -2.32. The number of para-hydroxylation sites is 2. The minimum absolute atomic E-state index is 0.982. The summed E-state index contributed by atoms with van der Waals surface area (Å²) in [7, 11) is 0. The first-order valence-electron chi connectivity index (χ1n) is 7.87. The van der Waals surface area contributed by atoms with Gasteiger partial charge >= 0.3 is 0 Å². The molecule has 1 heterocycles. The predicted molar refractivity (Wildman–Crippen MR) is 91.2 cm³/mol. The third-order valence-corrected chi connectivity index (χ3v) is 4.36. The Balaban J connectivity index is 1.88. The van der Waals surface area contributed by atoms with Crippen LogP contribution in [0.3, 0.4) is 0 Å². The van der Waals surface area contributed by atoms with Gasteiger partial charge in [0.25, 0.3) is 0 Å². The highest BCUT2D eigenvalue weighted by atomic mass is 15.3. The average Bonchev–Trinajstić information content (AvgIpc) is 2.74. The molecule has 0 saturated carbocycles. The van der Waals surface area contributed by atoms with E-state index in [1.165, 1.54) is 35.3 Å². The van der Waals surface area contributed by atoms with Crippen molar-refractivity contribution in [1.82, 2.24) is 0 Å². The molecule has 2 aromatic carbocycles. The van der Waals surface area contributed by atoms with E-state index >= 15 is 0 Å². The second-order valence-electron chi connectivity index (χ2n) is 5.95. The Bertz CT molecular complexity index is 553. The maximum atomic E-state index is 2.52. The number of benzene rings is 2. The van der Waals surface area contributed by atoms with Gasteiger partial charge in [0, 0.05) is 24.5 Å². The molecule has 1 aliphatic heterocycles. The Hall–Kier alpha value is -1.96. The van der Waals surface area contributed by atoms with E-state index in [1.807, 2.05) is 0 Å². The third kappa shape index (κ3) is 3.05. The SMILES string of the molecule is Cc1ccccc1N1CCCCN(c2ccccc2C)C1. The maximum Gasteiger partial charge on any atom is 0.0902 e. The highest BCUT2D eigenvalue weighted by Gasteiger charge is 2.18. The van der Waals surface area contributed by atoms with Crippen LogP contribution < -0.4 is 9.80 Å². The van der Waals surface area contributed by atoms with Gasteiger partial charge in [0.2, 0.25) is 0 Å². The molecule has 0 spiro atoms. The van der Waals surface area contributed by atoms with Gasteiger partial charge in [0.1, 0.15) is 0 Å². The van der Waals surface area contributed by atoms with Crippen LogP contribution in [-0.4, -0.2) is 19.8 Å². The maximum absolute atomic E-state index is 2.52. The van der Waals surface area contributed by atoms with Crippen molar-refractivity contribution in [3.8, 4) is 0 Å². The zero-order valence-corrected chi connectivity index (χ0v) is 13.0. The van der Waals surface area contributed by atoms with E-state index in [0.29, 0.717) is 0 Å². The Labute approximate surface area is 128 Å². The molecule has 0 bridgehead atoms. The van der Waals surface area contributed by atoms with Gasteiger partial charge < -0.3 is 9.80 Å². The van der Waals surface area contributed by atoms with Crippen molar-refractivity contribution in [2.75, 3.05) is 29.6 Å². The van der Waals surface area contributed by atoms with Gasteiger partial charge in [-0.2, -0.15) is 0 Å². The quantitative estimate of drug-likeness (QED) is 0.806. The van der Waals surface area contributed by atoms with E-state index in [9.17, 15) is 0 Å². The van der Waals surface area contributed by atoms with Crippen LogP contribution in [0.2, 0.25) is 0 Å². The van der Waals surface area contributed by atoms with E-state index in [1.54, 1.807) is 0 Å². The normalized spacial score (nSPS) is 15.9.